The summed E-state index contributed by atoms with van der Waals surface area (Å²) in [6.45, 7) is 0. The second kappa shape index (κ2) is 4.59. The Morgan fingerprint density at radius 3 is 3.14 bits per heavy atom. The topological polar surface area (TPSA) is 34.1 Å². The van der Waals surface area contributed by atoms with Gasteiger partial charge in [-0.3, -0.25) is 0 Å². The quantitative estimate of drug-likeness (QED) is 0.922. The van der Waals surface area contributed by atoms with E-state index in [1.54, 1.807) is 18.4 Å². The third-order valence-corrected chi connectivity index (χ3v) is 3.95. The summed E-state index contributed by atoms with van der Waals surface area (Å²) in [6, 6.07) is 0.429. The van der Waals surface area contributed by atoms with E-state index in [-0.39, 0.29) is 0 Å². The van der Waals surface area contributed by atoms with Crippen LogP contribution in [0.5, 0.6) is 0 Å². The molecule has 78 valence electrons. The SMILES string of the molecule is CO[C@@H]1CCC[C@H]1Nc1ncc(Br)s1. The number of aromatic nitrogens is 1. The molecule has 0 saturated heterocycles. The van der Waals surface area contributed by atoms with Crippen molar-refractivity contribution in [2.45, 2.75) is 31.4 Å². The zero-order valence-electron chi connectivity index (χ0n) is 8.00. The van der Waals surface area contributed by atoms with Crippen LogP contribution in [0.1, 0.15) is 19.3 Å². The van der Waals surface area contributed by atoms with E-state index in [2.05, 4.69) is 26.2 Å². The molecule has 2 atom stereocenters. The fourth-order valence-electron chi connectivity index (χ4n) is 1.85. The summed E-state index contributed by atoms with van der Waals surface area (Å²) in [6.07, 6.45) is 5.74. The highest BCUT2D eigenvalue weighted by atomic mass is 79.9. The highest BCUT2D eigenvalue weighted by Crippen LogP contribution is 2.28. The molecule has 0 unspecified atom stereocenters. The van der Waals surface area contributed by atoms with Gasteiger partial charge in [0.15, 0.2) is 5.13 Å². The largest absolute Gasteiger partial charge is 0.379 e. The van der Waals surface area contributed by atoms with Crippen LogP contribution in [0.15, 0.2) is 9.98 Å². The summed E-state index contributed by atoms with van der Waals surface area (Å²) in [5, 5.41) is 4.39. The van der Waals surface area contributed by atoms with Crippen LogP contribution in [0.3, 0.4) is 0 Å². The third-order valence-electron chi connectivity index (χ3n) is 2.54. The predicted octanol–water partition coefficient (Wildman–Crippen LogP) is 2.89. The molecule has 1 aromatic heterocycles. The Kier molecular flexibility index (Phi) is 3.41. The summed E-state index contributed by atoms with van der Waals surface area (Å²) in [5.41, 5.74) is 0. The first kappa shape index (κ1) is 10.4. The Balaban J connectivity index is 1.96. The van der Waals surface area contributed by atoms with E-state index >= 15 is 0 Å². The lowest BCUT2D eigenvalue weighted by molar-refractivity contribution is 0.101. The summed E-state index contributed by atoms with van der Waals surface area (Å²) in [5.74, 6) is 0. The number of methoxy groups -OCH3 is 1. The highest BCUT2D eigenvalue weighted by Gasteiger charge is 2.27. The standard InChI is InChI=1S/C9H13BrN2OS/c1-13-7-4-2-3-6(7)12-9-11-5-8(10)14-9/h5-7H,2-4H2,1H3,(H,11,12)/t6-,7-/m1/s1. The first-order valence-electron chi connectivity index (χ1n) is 4.70. The first-order valence-corrected chi connectivity index (χ1v) is 6.31. The van der Waals surface area contributed by atoms with Crippen molar-refractivity contribution in [2.75, 3.05) is 12.4 Å². The van der Waals surface area contributed by atoms with E-state index in [1.807, 2.05) is 6.20 Å². The van der Waals surface area contributed by atoms with Gasteiger partial charge in [0.25, 0.3) is 0 Å². The summed E-state index contributed by atoms with van der Waals surface area (Å²) >= 11 is 5.02. The van der Waals surface area contributed by atoms with E-state index in [9.17, 15) is 0 Å². The van der Waals surface area contributed by atoms with Gasteiger partial charge in [-0.05, 0) is 35.2 Å². The van der Waals surface area contributed by atoms with E-state index in [4.69, 9.17) is 4.74 Å². The molecule has 1 fully saturated rings. The Labute approximate surface area is 96.0 Å². The molecular weight excluding hydrogens is 264 g/mol. The molecule has 1 saturated carbocycles. The maximum Gasteiger partial charge on any atom is 0.184 e. The predicted molar refractivity (Wildman–Crippen MR) is 61.9 cm³/mol. The Hall–Kier alpha value is -0.130. The fourth-order valence-corrected chi connectivity index (χ4v) is 3.02. The molecule has 0 aliphatic heterocycles. The van der Waals surface area contributed by atoms with Gasteiger partial charge in [-0.1, -0.05) is 11.3 Å². The number of nitrogens with zero attached hydrogens (tertiary/aromatic N) is 1. The van der Waals surface area contributed by atoms with E-state index in [0.717, 1.165) is 15.3 Å². The van der Waals surface area contributed by atoms with Crippen LogP contribution in [0.4, 0.5) is 5.13 Å². The van der Waals surface area contributed by atoms with Gasteiger partial charge in [0.2, 0.25) is 0 Å². The lowest BCUT2D eigenvalue weighted by Crippen LogP contribution is -2.29. The molecule has 2 rings (SSSR count). The third kappa shape index (κ3) is 2.27. The summed E-state index contributed by atoms with van der Waals surface area (Å²) < 4.78 is 6.47. The van der Waals surface area contributed by atoms with Crippen LogP contribution in [0.25, 0.3) is 0 Å². The molecule has 3 nitrogen and oxygen atoms in total. The normalized spacial score (nSPS) is 26.7. The van der Waals surface area contributed by atoms with Gasteiger partial charge in [0.05, 0.1) is 22.1 Å². The van der Waals surface area contributed by atoms with Crippen molar-refractivity contribution in [2.24, 2.45) is 0 Å². The maximum atomic E-state index is 5.41. The van der Waals surface area contributed by atoms with Gasteiger partial charge in [0.1, 0.15) is 0 Å². The fraction of sp³-hybridized carbons (Fsp3) is 0.667. The van der Waals surface area contributed by atoms with Gasteiger partial charge < -0.3 is 10.1 Å². The average molecular weight is 277 g/mol. The molecule has 1 aromatic rings. The molecule has 1 aliphatic rings. The molecule has 0 amide bonds. The summed E-state index contributed by atoms with van der Waals surface area (Å²) in [7, 11) is 1.78. The average Bonchev–Trinajstić information content (AvgIpc) is 2.76. The van der Waals surface area contributed by atoms with Gasteiger partial charge in [-0.25, -0.2) is 4.98 Å². The van der Waals surface area contributed by atoms with Gasteiger partial charge in [-0.2, -0.15) is 0 Å². The van der Waals surface area contributed by atoms with Crippen LogP contribution in [-0.2, 0) is 4.74 Å². The first-order chi connectivity index (χ1) is 6.79. The lowest BCUT2D eigenvalue weighted by atomic mass is 10.2. The minimum Gasteiger partial charge on any atom is -0.379 e. The lowest BCUT2D eigenvalue weighted by Gasteiger charge is -2.18. The van der Waals surface area contributed by atoms with Crippen molar-refractivity contribution in [3.05, 3.63) is 9.98 Å². The number of thiazole rings is 1. The number of rotatable bonds is 3. The number of anilines is 1. The van der Waals surface area contributed by atoms with Crippen molar-refractivity contribution >= 4 is 32.4 Å². The van der Waals surface area contributed by atoms with Gasteiger partial charge in [-0.15, -0.1) is 0 Å². The molecular formula is C9H13BrN2OS. The Morgan fingerprint density at radius 1 is 1.64 bits per heavy atom. The van der Waals surface area contributed by atoms with E-state index in [0.29, 0.717) is 12.1 Å². The monoisotopic (exact) mass is 276 g/mol. The van der Waals surface area contributed by atoms with Crippen molar-refractivity contribution in [1.82, 2.24) is 4.98 Å². The maximum absolute atomic E-state index is 5.41. The van der Waals surface area contributed by atoms with Gasteiger partial charge >= 0.3 is 0 Å². The molecule has 0 bridgehead atoms. The number of halogens is 1. The Bertz CT molecular complexity index is 305. The summed E-state index contributed by atoms with van der Waals surface area (Å²) in [4.78, 5) is 4.25. The van der Waals surface area contributed by atoms with Crippen LogP contribution in [0, 0.1) is 0 Å². The molecule has 0 radical (unpaired) electrons. The van der Waals surface area contributed by atoms with Gasteiger partial charge in [0, 0.05) is 7.11 Å². The Morgan fingerprint density at radius 2 is 2.50 bits per heavy atom. The minimum absolute atomic E-state index is 0.345. The number of ether oxygens (including phenoxy) is 1. The second-order valence-electron chi connectivity index (χ2n) is 3.43. The zero-order chi connectivity index (χ0) is 9.97. The van der Waals surface area contributed by atoms with E-state index in [1.165, 1.54) is 12.8 Å². The number of hydrogen-bond acceptors (Lipinski definition) is 4. The second-order valence-corrected chi connectivity index (χ2v) is 5.84. The van der Waals surface area contributed by atoms with Crippen molar-refractivity contribution in [1.29, 1.82) is 0 Å². The molecule has 0 aromatic carbocycles. The molecule has 1 heterocycles. The van der Waals surface area contributed by atoms with Crippen LogP contribution in [-0.4, -0.2) is 24.2 Å². The molecule has 14 heavy (non-hydrogen) atoms. The van der Waals surface area contributed by atoms with Crippen molar-refractivity contribution in [3.8, 4) is 0 Å². The van der Waals surface area contributed by atoms with E-state index < -0.39 is 0 Å². The van der Waals surface area contributed by atoms with Crippen molar-refractivity contribution < 1.29 is 4.74 Å². The number of hydrogen-bond donors (Lipinski definition) is 1. The smallest absolute Gasteiger partial charge is 0.184 e. The molecule has 1 N–H and O–H groups in total. The van der Waals surface area contributed by atoms with Crippen LogP contribution in [0.2, 0.25) is 0 Å². The molecule has 1 aliphatic carbocycles. The zero-order valence-corrected chi connectivity index (χ0v) is 10.4. The van der Waals surface area contributed by atoms with Crippen LogP contribution >= 0.6 is 27.3 Å². The number of nitrogens with one attached hydrogen (secondary N) is 1. The molecule has 5 heteroatoms. The van der Waals surface area contributed by atoms with Crippen LogP contribution < -0.4 is 5.32 Å². The highest BCUT2D eigenvalue weighted by molar-refractivity contribution is 9.11. The molecule has 0 spiro atoms. The minimum atomic E-state index is 0.345. The van der Waals surface area contributed by atoms with Crippen molar-refractivity contribution in [3.63, 3.8) is 0 Å².